The Morgan fingerprint density at radius 1 is 1.35 bits per heavy atom. The summed E-state index contributed by atoms with van der Waals surface area (Å²) in [5.41, 5.74) is 4.88. The van der Waals surface area contributed by atoms with E-state index < -0.39 is 0 Å². The summed E-state index contributed by atoms with van der Waals surface area (Å²) in [6.45, 7) is 3.26. The van der Waals surface area contributed by atoms with Gasteiger partial charge in [-0.1, -0.05) is 28.1 Å². The minimum atomic E-state index is -0.0935. The smallest absolute Gasteiger partial charge is 0.322 e. The van der Waals surface area contributed by atoms with Gasteiger partial charge in [0, 0.05) is 34.8 Å². The third-order valence-corrected chi connectivity index (χ3v) is 5.04. The normalized spacial score (nSPS) is 14.4. The number of aromatic amines is 1. The fraction of sp³-hybridized carbons (Fsp3) is 0.211. The predicted molar refractivity (Wildman–Crippen MR) is 106 cm³/mol. The maximum Gasteiger partial charge on any atom is 0.322 e. The van der Waals surface area contributed by atoms with Crippen LogP contribution >= 0.6 is 15.9 Å². The molecule has 0 bridgehead atoms. The average molecular weight is 412 g/mol. The Morgan fingerprint density at radius 2 is 2.23 bits per heavy atom. The van der Waals surface area contributed by atoms with E-state index in [-0.39, 0.29) is 6.03 Å². The molecule has 3 heterocycles. The predicted octanol–water partition coefficient (Wildman–Crippen LogP) is 4.35. The molecule has 0 radical (unpaired) electrons. The molecule has 1 aliphatic rings. The van der Waals surface area contributed by atoms with Crippen molar-refractivity contribution in [3.8, 4) is 0 Å². The Hall–Kier alpha value is -2.67. The van der Waals surface area contributed by atoms with Gasteiger partial charge in [0.15, 0.2) is 0 Å². The van der Waals surface area contributed by atoms with Crippen LogP contribution < -0.4 is 5.32 Å². The summed E-state index contributed by atoms with van der Waals surface area (Å²) >= 11 is 3.41. The Balaban J connectivity index is 1.51. The molecule has 3 aromatic rings. The largest absolute Gasteiger partial charge is 0.346 e. The number of carbonyl (C=O) groups excluding carboxylic acids is 1. The third-order valence-electron chi connectivity index (χ3n) is 4.54. The summed E-state index contributed by atoms with van der Waals surface area (Å²) in [5, 5.41) is 4.00. The highest BCUT2D eigenvalue weighted by Gasteiger charge is 2.20. The molecule has 0 unspecified atom stereocenters. The van der Waals surface area contributed by atoms with Gasteiger partial charge in [0.2, 0.25) is 0 Å². The molecule has 0 spiro atoms. The molecular weight excluding hydrogens is 394 g/mol. The molecule has 0 saturated carbocycles. The zero-order valence-corrected chi connectivity index (χ0v) is 15.9. The number of aromatic nitrogens is 3. The van der Waals surface area contributed by atoms with Crippen LogP contribution in [0.5, 0.6) is 0 Å². The van der Waals surface area contributed by atoms with E-state index in [1.807, 2.05) is 37.4 Å². The van der Waals surface area contributed by atoms with Crippen LogP contribution in [0.4, 0.5) is 10.5 Å². The number of halogens is 1. The minimum absolute atomic E-state index is 0.0935. The molecular formula is C19H18BrN5O. The number of hydrogen-bond donors (Lipinski definition) is 2. The number of anilines is 1. The van der Waals surface area contributed by atoms with Gasteiger partial charge in [-0.05, 0) is 42.7 Å². The molecule has 0 aliphatic carbocycles. The summed E-state index contributed by atoms with van der Waals surface area (Å²) in [5.74, 6) is 0. The maximum absolute atomic E-state index is 12.5. The second kappa shape index (κ2) is 6.92. The number of fused-ring (bicyclic) bond motifs is 1. The average Bonchev–Trinajstić information content (AvgIpc) is 3.03. The van der Waals surface area contributed by atoms with Gasteiger partial charge >= 0.3 is 6.03 Å². The molecule has 2 N–H and O–H groups in total. The molecule has 0 atom stereocenters. The fourth-order valence-electron chi connectivity index (χ4n) is 3.20. The summed E-state index contributed by atoms with van der Waals surface area (Å²) in [6.07, 6.45) is 6.38. The molecule has 7 heteroatoms. The van der Waals surface area contributed by atoms with Gasteiger partial charge in [-0.25, -0.2) is 14.8 Å². The molecule has 0 fully saturated rings. The lowest BCUT2D eigenvalue weighted by molar-refractivity contribution is 0.217. The van der Waals surface area contributed by atoms with E-state index in [4.69, 9.17) is 0 Å². The van der Waals surface area contributed by atoms with E-state index in [9.17, 15) is 4.79 Å². The van der Waals surface area contributed by atoms with Gasteiger partial charge in [0.05, 0.1) is 5.69 Å². The van der Waals surface area contributed by atoms with Gasteiger partial charge in [0.25, 0.3) is 0 Å². The van der Waals surface area contributed by atoms with E-state index in [1.165, 1.54) is 0 Å². The van der Waals surface area contributed by atoms with Crippen LogP contribution in [0.15, 0.2) is 47.3 Å². The third kappa shape index (κ3) is 3.22. The number of aryl methyl sites for hydroxylation is 1. The minimum Gasteiger partial charge on any atom is -0.346 e. The molecule has 1 aromatic carbocycles. The van der Waals surface area contributed by atoms with Crippen LogP contribution in [0.2, 0.25) is 0 Å². The molecule has 4 rings (SSSR count). The number of nitrogens with one attached hydrogen (secondary N) is 2. The second-order valence-corrected chi connectivity index (χ2v) is 7.20. The number of H-pyrrole nitrogens is 1. The Bertz CT molecular complexity index is 1010. The summed E-state index contributed by atoms with van der Waals surface area (Å²) < 4.78 is 0.936. The number of benzene rings is 1. The zero-order chi connectivity index (χ0) is 18.1. The highest BCUT2D eigenvalue weighted by molar-refractivity contribution is 9.10. The van der Waals surface area contributed by atoms with Crippen LogP contribution in [0.3, 0.4) is 0 Å². The van der Waals surface area contributed by atoms with Gasteiger partial charge in [-0.3, -0.25) is 0 Å². The number of urea groups is 1. The molecule has 1 aliphatic heterocycles. The SMILES string of the molecule is Cc1c[nH]c2ncnc(C3=CCN(C(=O)Nc4cccc(Br)c4)CC3)c12. The van der Waals surface area contributed by atoms with E-state index >= 15 is 0 Å². The summed E-state index contributed by atoms with van der Waals surface area (Å²) in [4.78, 5) is 26.2. The Kier molecular flexibility index (Phi) is 4.46. The number of hydrogen-bond acceptors (Lipinski definition) is 3. The van der Waals surface area contributed by atoms with Crippen molar-refractivity contribution in [2.45, 2.75) is 13.3 Å². The zero-order valence-electron chi connectivity index (χ0n) is 14.3. The fourth-order valence-corrected chi connectivity index (χ4v) is 3.60. The van der Waals surface area contributed by atoms with Crippen LogP contribution in [0, 0.1) is 6.92 Å². The van der Waals surface area contributed by atoms with E-state index in [0.29, 0.717) is 13.1 Å². The van der Waals surface area contributed by atoms with Crippen molar-refractivity contribution in [1.82, 2.24) is 19.9 Å². The summed E-state index contributed by atoms with van der Waals surface area (Å²) in [6, 6.07) is 7.49. The molecule has 2 aromatic heterocycles. The first kappa shape index (κ1) is 16.8. The standard InChI is InChI=1S/C19H18BrN5O/c1-12-10-21-18-16(12)17(22-11-23-18)13-5-7-25(8-6-13)19(26)24-15-4-2-3-14(20)9-15/h2-5,9-11H,6-8H2,1H3,(H,24,26)(H,21,22,23). The van der Waals surface area contributed by atoms with Crippen molar-refractivity contribution in [3.05, 3.63) is 58.6 Å². The van der Waals surface area contributed by atoms with E-state index in [1.54, 1.807) is 11.2 Å². The Morgan fingerprint density at radius 3 is 3.00 bits per heavy atom. The van der Waals surface area contributed by atoms with Crippen LogP contribution in [0.1, 0.15) is 17.7 Å². The van der Waals surface area contributed by atoms with Crippen molar-refractivity contribution < 1.29 is 4.79 Å². The van der Waals surface area contributed by atoms with Crippen molar-refractivity contribution in [1.29, 1.82) is 0 Å². The number of amides is 2. The van der Waals surface area contributed by atoms with Gasteiger partial charge in [-0.2, -0.15) is 0 Å². The van der Waals surface area contributed by atoms with Crippen molar-refractivity contribution in [3.63, 3.8) is 0 Å². The molecule has 6 nitrogen and oxygen atoms in total. The van der Waals surface area contributed by atoms with Crippen molar-refractivity contribution in [2.24, 2.45) is 0 Å². The molecule has 26 heavy (non-hydrogen) atoms. The highest BCUT2D eigenvalue weighted by Crippen LogP contribution is 2.28. The number of nitrogens with zero attached hydrogens (tertiary/aromatic N) is 3. The monoisotopic (exact) mass is 411 g/mol. The lowest BCUT2D eigenvalue weighted by Gasteiger charge is -2.26. The quantitative estimate of drug-likeness (QED) is 0.657. The van der Waals surface area contributed by atoms with Crippen LogP contribution in [-0.2, 0) is 0 Å². The number of rotatable bonds is 2. The lowest BCUT2D eigenvalue weighted by atomic mass is 10.0. The molecule has 0 saturated heterocycles. The summed E-state index contributed by atoms with van der Waals surface area (Å²) in [7, 11) is 0. The highest BCUT2D eigenvalue weighted by atomic mass is 79.9. The maximum atomic E-state index is 12.5. The first-order valence-corrected chi connectivity index (χ1v) is 9.20. The first-order chi connectivity index (χ1) is 12.6. The molecule has 132 valence electrons. The van der Waals surface area contributed by atoms with Gasteiger partial charge in [0.1, 0.15) is 12.0 Å². The Labute approximate surface area is 159 Å². The van der Waals surface area contributed by atoms with Crippen LogP contribution in [-0.4, -0.2) is 39.0 Å². The van der Waals surface area contributed by atoms with E-state index in [2.05, 4.69) is 42.3 Å². The van der Waals surface area contributed by atoms with Crippen molar-refractivity contribution in [2.75, 3.05) is 18.4 Å². The number of carbonyl (C=O) groups is 1. The van der Waals surface area contributed by atoms with E-state index in [0.717, 1.165) is 44.4 Å². The second-order valence-electron chi connectivity index (χ2n) is 6.28. The van der Waals surface area contributed by atoms with Crippen molar-refractivity contribution >= 4 is 44.3 Å². The first-order valence-electron chi connectivity index (χ1n) is 8.41. The lowest BCUT2D eigenvalue weighted by Crippen LogP contribution is -2.37. The van der Waals surface area contributed by atoms with Gasteiger partial charge < -0.3 is 15.2 Å². The molecule has 2 amide bonds. The topological polar surface area (TPSA) is 73.9 Å². The van der Waals surface area contributed by atoms with Gasteiger partial charge in [-0.15, -0.1) is 0 Å². The van der Waals surface area contributed by atoms with Crippen LogP contribution in [0.25, 0.3) is 16.6 Å².